The molecule has 63 heavy (non-hydrogen) atoms. The highest BCUT2D eigenvalue weighted by molar-refractivity contribution is 6.16. The third-order valence-corrected chi connectivity index (χ3v) is 13.3. The first-order valence-electron chi connectivity index (χ1n) is 21.8. The quantitative estimate of drug-likeness (QED) is 0.160. The van der Waals surface area contributed by atoms with Crippen molar-refractivity contribution in [1.82, 2.24) is 0 Å². The molecule has 0 saturated carbocycles. The van der Waals surface area contributed by atoms with Crippen LogP contribution in [-0.4, -0.2) is 0 Å². The lowest BCUT2D eigenvalue weighted by molar-refractivity contribution is 0.660. The Morgan fingerprint density at radius 3 is 1.71 bits per heavy atom. The Labute approximate surface area is 368 Å². The van der Waals surface area contributed by atoms with Crippen LogP contribution >= 0.6 is 0 Å². The molecule has 1 aromatic heterocycles. The highest BCUT2D eigenvalue weighted by Gasteiger charge is 2.36. The molecule has 12 rings (SSSR count). The first kappa shape index (κ1) is 36.9. The molecule has 0 bridgehead atoms. The third-order valence-electron chi connectivity index (χ3n) is 13.3. The lowest BCUT2D eigenvalue weighted by Gasteiger charge is -2.30. The van der Waals surface area contributed by atoms with Crippen LogP contribution in [0.1, 0.15) is 25.0 Å². The number of hydrogen-bond acceptors (Lipinski definition) is 2. The number of nitrogens with zero attached hydrogens (tertiary/aromatic N) is 1. The number of furan rings is 1. The molecule has 0 atom stereocenters. The van der Waals surface area contributed by atoms with Gasteiger partial charge in [0.2, 0.25) is 0 Å². The maximum absolute atomic E-state index is 6.61. The number of rotatable bonds is 7. The Morgan fingerprint density at radius 2 is 0.937 bits per heavy atom. The predicted molar refractivity (Wildman–Crippen MR) is 265 cm³/mol. The fourth-order valence-corrected chi connectivity index (χ4v) is 10.1. The molecule has 0 aliphatic heterocycles. The molecule has 0 saturated heterocycles. The van der Waals surface area contributed by atoms with Gasteiger partial charge in [-0.3, -0.25) is 0 Å². The molecule has 1 heterocycles. The molecule has 0 spiro atoms. The van der Waals surface area contributed by atoms with Crippen LogP contribution in [0.2, 0.25) is 0 Å². The molecule has 1 aliphatic rings. The minimum Gasteiger partial charge on any atom is -0.456 e. The number of para-hydroxylation sites is 1. The molecule has 10 aromatic carbocycles. The summed E-state index contributed by atoms with van der Waals surface area (Å²) in [7, 11) is 0. The van der Waals surface area contributed by atoms with Crippen LogP contribution in [-0.2, 0) is 5.41 Å². The van der Waals surface area contributed by atoms with Crippen molar-refractivity contribution < 1.29 is 4.42 Å². The van der Waals surface area contributed by atoms with Gasteiger partial charge in [0.1, 0.15) is 11.2 Å². The second-order valence-corrected chi connectivity index (χ2v) is 17.3. The average Bonchev–Trinajstić information content (AvgIpc) is 3.82. The fraction of sp³-hybridized carbons (Fsp3) is 0.0492. The molecular weight excluding hydrogens is 763 g/mol. The van der Waals surface area contributed by atoms with E-state index in [-0.39, 0.29) is 5.41 Å². The molecule has 2 heteroatoms. The van der Waals surface area contributed by atoms with E-state index in [9.17, 15) is 0 Å². The topological polar surface area (TPSA) is 16.4 Å². The van der Waals surface area contributed by atoms with Crippen molar-refractivity contribution in [2.24, 2.45) is 0 Å². The van der Waals surface area contributed by atoms with Crippen LogP contribution < -0.4 is 4.90 Å². The smallest absolute Gasteiger partial charge is 0.136 e. The van der Waals surface area contributed by atoms with Crippen molar-refractivity contribution in [2.75, 3.05) is 4.90 Å². The van der Waals surface area contributed by atoms with E-state index in [1.54, 1.807) is 0 Å². The summed E-state index contributed by atoms with van der Waals surface area (Å²) in [5.74, 6) is 0. The highest BCUT2D eigenvalue weighted by atomic mass is 16.3. The molecule has 0 unspecified atom stereocenters. The Morgan fingerprint density at radius 1 is 0.349 bits per heavy atom. The number of benzene rings is 10. The number of anilines is 3. The summed E-state index contributed by atoms with van der Waals surface area (Å²) in [6, 6.07) is 81.7. The first-order chi connectivity index (χ1) is 31.0. The first-order valence-corrected chi connectivity index (χ1v) is 21.8. The van der Waals surface area contributed by atoms with Crippen LogP contribution in [0.4, 0.5) is 17.1 Å². The Hall–Kier alpha value is -7.94. The van der Waals surface area contributed by atoms with Crippen LogP contribution in [0.15, 0.2) is 229 Å². The van der Waals surface area contributed by atoms with Crippen molar-refractivity contribution in [2.45, 2.75) is 19.3 Å². The molecule has 0 fully saturated rings. The SMILES string of the molecule is CC1(C)c2ccccc2-c2ccc(N(c3ccc(-c4ccc(-c5ccccc5)c(-c5ccccc5)c4)cc3)c3ccccc3-c3cccc4oc5cc6ccccc6cc5c34)cc21. The normalized spacial score (nSPS) is 12.7. The van der Waals surface area contributed by atoms with Gasteiger partial charge in [-0.1, -0.05) is 184 Å². The van der Waals surface area contributed by atoms with Crippen LogP contribution in [0.25, 0.3) is 88.3 Å². The summed E-state index contributed by atoms with van der Waals surface area (Å²) in [6.45, 7) is 4.71. The van der Waals surface area contributed by atoms with Gasteiger partial charge in [-0.2, -0.15) is 0 Å². The molecule has 11 aromatic rings. The minimum atomic E-state index is -0.149. The van der Waals surface area contributed by atoms with Crippen LogP contribution in [0.3, 0.4) is 0 Å². The molecular formula is C61H43NO. The summed E-state index contributed by atoms with van der Waals surface area (Å²) in [4.78, 5) is 2.45. The van der Waals surface area contributed by atoms with Gasteiger partial charge < -0.3 is 9.32 Å². The minimum absolute atomic E-state index is 0.149. The summed E-state index contributed by atoms with van der Waals surface area (Å²) in [5.41, 5.74) is 19.7. The van der Waals surface area contributed by atoms with Gasteiger partial charge in [-0.05, 0) is 127 Å². The van der Waals surface area contributed by atoms with Crippen molar-refractivity contribution >= 4 is 49.8 Å². The van der Waals surface area contributed by atoms with Gasteiger partial charge in [-0.25, -0.2) is 0 Å². The summed E-state index contributed by atoms with van der Waals surface area (Å²) in [6.07, 6.45) is 0. The van der Waals surface area contributed by atoms with Gasteiger partial charge in [0.15, 0.2) is 0 Å². The van der Waals surface area contributed by atoms with Gasteiger partial charge >= 0.3 is 0 Å². The average molecular weight is 806 g/mol. The zero-order chi connectivity index (χ0) is 42.1. The lowest BCUT2D eigenvalue weighted by Crippen LogP contribution is -2.16. The Balaban J connectivity index is 1.03. The van der Waals surface area contributed by atoms with E-state index in [4.69, 9.17) is 4.42 Å². The molecule has 2 nitrogen and oxygen atoms in total. The monoisotopic (exact) mass is 805 g/mol. The van der Waals surface area contributed by atoms with E-state index in [0.29, 0.717) is 0 Å². The molecule has 0 N–H and O–H groups in total. The predicted octanol–water partition coefficient (Wildman–Crippen LogP) is 17.2. The maximum Gasteiger partial charge on any atom is 0.136 e. The Kier molecular flexibility index (Phi) is 8.55. The molecule has 298 valence electrons. The Bertz CT molecular complexity index is 3520. The van der Waals surface area contributed by atoms with E-state index in [1.807, 2.05) is 0 Å². The third kappa shape index (κ3) is 6.09. The van der Waals surface area contributed by atoms with Gasteiger partial charge in [0.05, 0.1) is 5.69 Å². The summed E-state index contributed by atoms with van der Waals surface area (Å²) in [5, 5.41) is 4.62. The lowest BCUT2D eigenvalue weighted by atomic mass is 9.82. The largest absolute Gasteiger partial charge is 0.456 e. The number of fused-ring (bicyclic) bond motifs is 7. The van der Waals surface area contributed by atoms with Crippen molar-refractivity contribution in [3.63, 3.8) is 0 Å². The van der Waals surface area contributed by atoms with Gasteiger partial charge in [0, 0.05) is 33.1 Å². The van der Waals surface area contributed by atoms with Crippen LogP contribution in [0, 0.1) is 0 Å². The molecule has 0 amide bonds. The maximum atomic E-state index is 6.61. The standard InChI is InChI=1S/C61H43NO/c1-61(2)55-25-13-11-22-49(55)50-35-33-47(39-56(50)61)62(46-31-28-40(29-32-46)45-30-34-48(41-16-5-3-6-17-41)53(36-45)42-18-7-4-8-19-42)57-26-14-12-23-51(57)52-24-15-27-58-60(52)54-37-43-20-9-10-21-44(43)38-59(54)63-58/h3-39H,1-2H3. The van der Waals surface area contributed by atoms with Gasteiger partial charge in [0.25, 0.3) is 0 Å². The van der Waals surface area contributed by atoms with Crippen LogP contribution in [0.5, 0.6) is 0 Å². The summed E-state index contributed by atoms with van der Waals surface area (Å²) >= 11 is 0. The second-order valence-electron chi connectivity index (χ2n) is 17.3. The fourth-order valence-electron chi connectivity index (χ4n) is 10.1. The van der Waals surface area contributed by atoms with E-state index in [1.165, 1.54) is 60.8 Å². The molecule has 0 radical (unpaired) electrons. The number of hydrogen-bond donors (Lipinski definition) is 0. The van der Waals surface area contributed by atoms with Crippen molar-refractivity contribution in [3.05, 3.63) is 236 Å². The van der Waals surface area contributed by atoms with Crippen molar-refractivity contribution in [1.29, 1.82) is 0 Å². The van der Waals surface area contributed by atoms with E-state index >= 15 is 0 Å². The second kappa shape index (κ2) is 14.6. The highest BCUT2D eigenvalue weighted by Crippen LogP contribution is 2.52. The van der Waals surface area contributed by atoms with E-state index in [0.717, 1.165) is 55.7 Å². The molecule has 1 aliphatic carbocycles. The summed E-state index contributed by atoms with van der Waals surface area (Å²) < 4.78 is 6.61. The zero-order valence-corrected chi connectivity index (χ0v) is 35.2. The van der Waals surface area contributed by atoms with E-state index in [2.05, 4.69) is 243 Å². The van der Waals surface area contributed by atoms with Gasteiger partial charge in [-0.15, -0.1) is 0 Å². The van der Waals surface area contributed by atoms with Crippen molar-refractivity contribution in [3.8, 4) is 55.6 Å². The van der Waals surface area contributed by atoms with E-state index < -0.39 is 0 Å². The zero-order valence-electron chi connectivity index (χ0n) is 35.2.